The molecule has 8 heteroatoms. The average molecular weight is 540 g/mol. The summed E-state index contributed by atoms with van der Waals surface area (Å²) < 4.78 is 10.9. The number of carbonyl (C=O) groups excluding carboxylic acids is 2. The van der Waals surface area contributed by atoms with Crippen molar-refractivity contribution in [1.29, 1.82) is 0 Å². The first-order valence-corrected chi connectivity index (χ1v) is 13.6. The molecule has 5 rings (SSSR count). The van der Waals surface area contributed by atoms with Gasteiger partial charge in [0.15, 0.2) is 5.17 Å². The first kappa shape index (κ1) is 26.3. The van der Waals surface area contributed by atoms with Crippen LogP contribution in [0, 0.1) is 0 Å². The molecule has 0 aromatic heterocycles. The van der Waals surface area contributed by atoms with Crippen molar-refractivity contribution in [2.24, 2.45) is 4.99 Å². The van der Waals surface area contributed by atoms with Crippen LogP contribution in [-0.2, 0) is 20.9 Å². The van der Waals surface area contributed by atoms with Crippen LogP contribution in [0.3, 0.4) is 0 Å². The van der Waals surface area contributed by atoms with Crippen LogP contribution in [0.2, 0.25) is 0 Å². The zero-order chi connectivity index (χ0) is 27.2. The number of hydrogen-bond acceptors (Lipinski definition) is 7. The van der Waals surface area contributed by atoms with Gasteiger partial charge in [-0.1, -0.05) is 84.6 Å². The van der Waals surface area contributed by atoms with Gasteiger partial charge in [0.1, 0.15) is 5.75 Å². The number of amidine groups is 1. The Labute approximate surface area is 232 Å². The van der Waals surface area contributed by atoms with E-state index in [0.29, 0.717) is 28.7 Å². The molecule has 0 unspecified atom stereocenters. The second-order valence-corrected chi connectivity index (χ2v) is 9.79. The van der Waals surface area contributed by atoms with Crippen LogP contribution in [0.5, 0.6) is 5.75 Å². The number of rotatable bonds is 9. The lowest BCUT2D eigenvalue weighted by molar-refractivity contribution is -0.139. The number of fused-ring (bicyclic) bond motifs is 1. The van der Waals surface area contributed by atoms with Gasteiger partial charge in [-0.3, -0.25) is 4.79 Å². The number of ether oxygens (including phenoxy) is 2. The van der Waals surface area contributed by atoms with E-state index in [2.05, 4.69) is 5.32 Å². The second-order valence-electron chi connectivity index (χ2n) is 8.95. The highest BCUT2D eigenvalue weighted by atomic mass is 32.2. The van der Waals surface area contributed by atoms with Gasteiger partial charge in [0.2, 0.25) is 5.91 Å². The molecule has 3 aromatic rings. The number of esters is 1. The van der Waals surface area contributed by atoms with E-state index in [1.54, 1.807) is 14.0 Å². The van der Waals surface area contributed by atoms with Gasteiger partial charge in [0.25, 0.3) is 0 Å². The SMILES string of the molecule is CCOC(=O)C1=C(c2ccccc2)N=C2SC=C(CC(=O)NCc3ccccc3)N2[C@@H]1c1ccc(OC)cc1. The van der Waals surface area contributed by atoms with Crippen molar-refractivity contribution < 1.29 is 19.1 Å². The summed E-state index contributed by atoms with van der Waals surface area (Å²) in [6.45, 7) is 2.46. The average Bonchev–Trinajstić information content (AvgIpc) is 3.38. The van der Waals surface area contributed by atoms with Crippen molar-refractivity contribution in [1.82, 2.24) is 10.2 Å². The van der Waals surface area contributed by atoms with Crippen molar-refractivity contribution in [3.05, 3.63) is 118 Å². The van der Waals surface area contributed by atoms with Crippen LogP contribution < -0.4 is 10.1 Å². The van der Waals surface area contributed by atoms with E-state index in [1.165, 1.54) is 11.8 Å². The highest BCUT2D eigenvalue weighted by Crippen LogP contribution is 2.47. The smallest absolute Gasteiger partial charge is 0.338 e. The molecule has 0 aliphatic carbocycles. The van der Waals surface area contributed by atoms with Crippen LogP contribution in [0.15, 0.2) is 107 Å². The summed E-state index contributed by atoms with van der Waals surface area (Å²) in [7, 11) is 1.61. The molecule has 0 fully saturated rings. The number of thioether (sulfide) groups is 1. The molecule has 0 bridgehead atoms. The molecular weight excluding hydrogens is 510 g/mol. The molecule has 39 heavy (non-hydrogen) atoms. The molecule has 1 atom stereocenters. The number of aliphatic imine (C=N–C) groups is 1. The minimum Gasteiger partial charge on any atom is -0.497 e. The molecule has 198 valence electrons. The maximum Gasteiger partial charge on any atom is 0.338 e. The van der Waals surface area contributed by atoms with Crippen LogP contribution in [-0.4, -0.2) is 35.7 Å². The minimum atomic E-state index is -0.541. The Hall–Kier alpha value is -4.30. The summed E-state index contributed by atoms with van der Waals surface area (Å²) in [5, 5.41) is 5.65. The zero-order valence-corrected chi connectivity index (χ0v) is 22.6. The van der Waals surface area contributed by atoms with Gasteiger partial charge in [-0.2, -0.15) is 0 Å². The number of benzene rings is 3. The number of amides is 1. The van der Waals surface area contributed by atoms with Gasteiger partial charge >= 0.3 is 5.97 Å². The summed E-state index contributed by atoms with van der Waals surface area (Å²) in [6, 6.07) is 26.5. The summed E-state index contributed by atoms with van der Waals surface area (Å²) in [5.41, 5.74) is 4.46. The minimum absolute atomic E-state index is 0.115. The lowest BCUT2D eigenvalue weighted by Gasteiger charge is -2.36. The predicted molar refractivity (Wildman–Crippen MR) is 154 cm³/mol. The van der Waals surface area contributed by atoms with Crippen LogP contribution >= 0.6 is 11.8 Å². The summed E-state index contributed by atoms with van der Waals surface area (Å²) in [5.74, 6) is 0.154. The Morgan fingerprint density at radius 3 is 2.33 bits per heavy atom. The third kappa shape index (κ3) is 5.76. The van der Waals surface area contributed by atoms with E-state index in [4.69, 9.17) is 14.5 Å². The fourth-order valence-corrected chi connectivity index (χ4v) is 5.53. The Balaban J connectivity index is 1.53. The van der Waals surface area contributed by atoms with E-state index < -0.39 is 12.0 Å². The van der Waals surface area contributed by atoms with Crippen LogP contribution in [0.1, 0.15) is 36.1 Å². The molecule has 7 nitrogen and oxygen atoms in total. The van der Waals surface area contributed by atoms with E-state index in [-0.39, 0.29) is 18.9 Å². The Morgan fingerprint density at radius 2 is 1.67 bits per heavy atom. The largest absolute Gasteiger partial charge is 0.497 e. The van der Waals surface area contributed by atoms with E-state index in [1.807, 2.05) is 95.2 Å². The van der Waals surface area contributed by atoms with Gasteiger partial charge in [0, 0.05) is 17.8 Å². The number of carbonyl (C=O) groups is 2. The molecule has 2 aliphatic rings. The van der Waals surface area contributed by atoms with Crippen molar-refractivity contribution in [3.8, 4) is 5.75 Å². The first-order valence-electron chi connectivity index (χ1n) is 12.7. The third-order valence-electron chi connectivity index (χ3n) is 6.46. The topological polar surface area (TPSA) is 80.2 Å². The fourth-order valence-electron chi connectivity index (χ4n) is 4.61. The fraction of sp³-hybridized carbons (Fsp3) is 0.194. The number of nitrogens with zero attached hydrogens (tertiary/aromatic N) is 2. The van der Waals surface area contributed by atoms with Crippen LogP contribution in [0.25, 0.3) is 5.70 Å². The van der Waals surface area contributed by atoms with Crippen molar-refractivity contribution in [2.45, 2.75) is 25.9 Å². The Morgan fingerprint density at radius 1 is 0.974 bits per heavy atom. The van der Waals surface area contributed by atoms with E-state index in [0.717, 1.165) is 22.4 Å². The van der Waals surface area contributed by atoms with Crippen molar-refractivity contribution >= 4 is 34.5 Å². The van der Waals surface area contributed by atoms with Crippen molar-refractivity contribution in [2.75, 3.05) is 13.7 Å². The summed E-state index contributed by atoms with van der Waals surface area (Å²) in [4.78, 5) is 33.5. The van der Waals surface area contributed by atoms with Gasteiger partial charge in [-0.05, 0) is 35.6 Å². The quantitative estimate of drug-likeness (QED) is 0.353. The maximum atomic E-state index is 13.6. The Bertz CT molecular complexity index is 1430. The number of methoxy groups -OCH3 is 1. The number of hydrogen-bond donors (Lipinski definition) is 1. The zero-order valence-electron chi connectivity index (χ0n) is 21.8. The highest BCUT2D eigenvalue weighted by molar-refractivity contribution is 8.16. The lowest BCUT2D eigenvalue weighted by Crippen LogP contribution is -2.38. The molecular formula is C31H29N3O4S. The van der Waals surface area contributed by atoms with Gasteiger partial charge in [0.05, 0.1) is 37.4 Å². The third-order valence-corrected chi connectivity index (χ3v) is 7.35. The molecule has 0 radical (unpaired) electrons. The molecule has 1 amide bonds. The Kier molecular flexibility index (Phi) is 8.13. The lowest BCUT2D eigenvalue weighted by atomic mass is 9.91. The summed E-state index contributed by atoms with van der Waals surface area (Å²) >= 11 is 1.45. The normalized spacial score (nSPS) is 16.3. The summed E-state index contributed by atoms with van der Waals surface area (Å²) in [6.07, 6.45) is 0.141. The molecule has 2 heterocycles. The van der Waals surface area contributed by atoms with E-state index >= 15 is 0 Å². The monoisotopic (exact) mass is 539 g/mol. The second kappa shape index (κ2) is 12.0. The molecule has 3 aromatic carbocycles. The van der Waals surface area contributed by atoms with Gasteiger partial charge in [-0.25, -0.2) is 9.79 Å². The van der Waals surface area contributed by atoms with Gasteiger partial charge < -0.3 is 19.7 Å². The number of nitrogens with one attached hydrogen (secondary N) is 1. The molecule has 0 saturated carbocycles. The first-order chi connectivity index (χ1) is 19.1. The van der Waals surface area contributed by atoms with Crippen molar-refractivity contribution in [3.63, 3.8) is 0 Å². The van der Waals surface area contributed by atoms with E-state index in [9.17, 15) is 9.59 Å². The molecule has 2 aliphatic heterocycles. The molecule has 0 spiro atoms. The highest BCUT2D eigenvalue weighted by Gasteiger charge is 2.42. The van der Waals surface area contributed by atoms with Gasteiger partial charge in [-0.15, -0.1) is 0 Å². The predicted octanol–water partition coefficient (Wildman–Crippen LogP) is 5.68. The molecule has 0 saturated heterocycles. The van der Waals surface area contributed by atoms with Crippen LogP contribution in [0.4, 0.5) is 0 Å². The maximum absolute atomic E-state index is 13.6. The molecule has 1 N–H and O–H groups in total. The standard InChI is InChI=1S/C31H29N3O4S/c1-3-38-30(36)27-28(22-12-8-5-9-13-22)33-31-34(29(27)23-14-16-25(37-2)17-15-23)24(20-39-31)18-26(35)32-19-21-10-6-4-7-11-21/h4-17,20,29H,3,18-19H2,1-2H3,(H,32,35)/t29-/m1/s1.